The van der Waals surface area contributed by atoms with E-state index in [1.165, 1.54) is 7.11 Å². The van der Waals surface area contributed by atoms with Crippen molar-refractivity contribution in [1.82, 2.24) is 15.4 Å². The Balaban J connectivity index is 1.30. The average molecular weight is 522 g/mol. The van der Waals surface area contributed by atoms with Crippen molar-refractivity contribution in [3.05, 3.63) is 59.3 Å². The highest BCUT2D eigenvalue weighted by Gasteiger charge is 2.34. The number of aromatic nitrogens is 3. The molecule has 2 aromatic heterocycles. The van der Waals surface area contributed by atoms with Crippen molar-refractivity contribution in [2.24, 2.45) is 5.92 Å². The molecule has 0 bridgehead atoms. The molecule has 1 N–H and O–H groups in total. The number of rotatable bonds is 6. The van der Waals surface area contributed by atoms with Gasteiger partial charge in [0, 0.05) is 42.8 Å². The van der Waals surface area contributed by atoms with Crippen LogP contribution in [0.3, 0.4) is 0 Å². The molecule has 0 aliphatic carbocycles. The number of carbonyl (C=O) groups excluding carboxylic acids is 1. The minimum absolute atomic E-state index is 0.0481. The van der Waals surface area contributed by atoms with Gasteiger partial charge in [-0.15, -0.1) is 10.2 Å². The Bertz CT molecular complexity index is 1430. The van der Waals surface area contributed by atoms with Crippen LogP contribution in [0.25, 0.3) is 22.2 Å². The van der Waals surface area contributed by atoms with E-state index in [0.717, 1.165) is 29.7 Å². The molecule has 9 nitrogen and oxygen atoms in total. The van der Waals surface area contributed by atoms with Crippen molar-refractivity contribution in [1.29, 1.82) is 0 Å². The lowest BCUT2D eigenvalue weighted by Crippen LogP contribution is -2.46. The molecule has 5 rings (SSSR count). The van der Waals surface area contributed by atoms with Crippen molar-refractivity contribution in [3.63, 3.8) is 0 Å². The molecule has 1 unspecified atom stereocenters. The number of nitrogens with zero attached hydrogens (tertiary/aromatic N) is 5. The number of phenolic OH excluding ortho intramolecular Hbond substituents is 1. The number of aromatic hydroxyl groups is 1. The van der Waals surface area contributed by atoms with Crippen LogP contribution in [-0.4, -0.2) is 59.7 Å². The summed E-state index contributed by atoms with van der Waals surface area (Å²) in [5.41, 5.74) is 3.11. The summed E-state index contributed by atoms with van der Waals surface area (Å²) in [5, 5.41) is 24.4. The van der Waals surface area contributed by atoms with Crippen LogP contribution in [0.1, 0.15) is 25.5 Å². The Morgan fingerprint density at radius 3 is 2.49 bits per heavy atom. The van der Waals surface area contributed by atoms with E-state index >= 15 is 0 Å². The minimum Gasteiger partial charge on any atom is -0.507 e. The van der Waals surface area contributed by atoms with Gasteiger partial charge in [0.25, 0.3) is 0 Å². The number of hydrogen-bond donors (Lipinski definition) is 1. The van der Waals surface area contributed by atoms with Crippen LogP contribution in [0, 0.1) is 5.92 Å². The molecule has 1 atom stereocenters. The van der Waals surface area contributed by atoms with Crippen molar-refractivity contribution in [2.75, 3.05) is 43.1 Å². The number of para-hydroxylation sites is 1. The van der Waals surface area contributed by atoms with Gasteiger partial charge in [-0.25, -0.2) is 0 Å². The lowest BCUT2D eigenvalue weighted by molar-refractivity contribution is -0.144. The van der Waals surface area contributed by atoms with Crippen LogP contribution in [-0.2, 0) is 9.53 Å². The lowest BCUT2D eigenvalue weighted by atomic mass is 9.93. The van der Waals surface area contributed by atoms with E-state index in [1.54, 1.807) is 12.1 Å². The first-order chi connectivity index (χ1) is 17.9. The molecule has 0 spiro atoms. The van der Waals surface area contributed by atoms with Gasteiger partial charge < -0.3 is 24.2 Å². The number of piperazine rings is 1. The van der Waals surface area contributed by atoms with Gasteiger partial charge in [0.1, 0.15) is 16.7 Å². The van der Waals surface area contributed by atoms with Crippen molar-refractivity contribution in [2.45, 2.75) is 19.8 Å². The van der Waals surface area contributed by atoms with Crippen LogP contribution in [0.15, 0.2) is 53.1 Å². The van der Waals surface area contributed by atoms with Crippen LogP contribution >= 0.6 is 11.6 Å². The highest BCUT2D eigenvalue weighted by molar-refractivity contribution is 6.33. The van der Waals surface area contributed by atoms with Crippen LogP contribution < -0.4 is 9.80 Å². The number of halogens is 1. The Labute approximate surface area is 219 Å². The molecule has 192 valence electrons. The molecule has 1 aliphatic heterocycles. The number of phenols is 1. The third-order valence-electron chi connectivity index (χ3n) is 6.74. The molecular weight excluding hydrogens is 494 g/mol. The topological polar surface area (TPSA) is 105 Å². The quantitative estimate of drug-likeness (QED) is 0.355. The molecule has 1 fully saturated rings. The number of carbonyl (C=O) groups is 1. The van der Waals surface area contributed by atoms with Gasteiger partial charge in [-0.3, -0.25) is 4.79 Å². The molecule has 4 aromatic rings. The number of anilines is 2. The molecular formula is C27H28ClN5O4. The number of fused-ring (bicyclic) bond motifs is 1. The first kappa shape index (κ1) is 24.8. The van der Waals surface area contributed by atoms with E-state index in [2.05, 4.69) is 31.2 Å². The predicted octanol–water partition coefficient (Wildman–Crippen LogP) is 4.88. The Hall–Kier alpha value is -3.85. The number of benzene rings is 2. The molecule has 0 saturated carbocycles. The van der Waals surface area contributed by atoms with Crippen LogP contribution in [0.4, 0.5) is 11.5 Å². The summed E-state index contributed by atoms with van der Waals surface area (Å²) >= 11 is 6.63. The second-order valence-corrected chi connectivity index (χ2v) is 9.77. The van der Waals surface area contributed by atoms with Gasteiger partial charge in [0.2, 0.25) is 0 Å². The zero-order chi connectivity index (χ0) is 26.1. The van der Waals surface area contributed by atoms with E-state index < -0.39 is 11.9 Å². The predicted molar refractivity (Wildman–Crippen MR) is 142 cm³/mol. The Kier molecular flexibility index (Phi) is 6.88. The zero-order valence-corrected chi connectivity index (χ0v) is 21.6. The van der Waals surface area contributed by atoms with E-state index in [9.17, 15) is 9.90 Å². The lowest BCUT2D eigenvalue weighted by Gasteiger charge is -2.36. The van der Waals surface area contributed by atoms with E-state index in [-0.39, 0.29) is 11.7 Å². The van der Waals surface area contributed by atoms with E-state index in [1.807, 2.05) is 44.2 Å². The molecule has 3 heterocycles. The third-order valence-corrected chi connectivity index (χ3v) is 7.10. The summed E-state index contributed by atoms with van der Waals surface area (Å²) in [6.45, 7) is 6.70. The monoisotopic (exact) mass is 521 g/mol. The van der Waals surface area contributed by atoms with Gasteiger partial charge in [0.05, 0.1) is 18.3 Å². The number of esters is 1. The standard InChI is InChI=1S/C27H28ClN5O4/c1-16(2)23(27(35)36-3)25-24(28)26(31-37-25)33-12-10-32(11-13-33)18-9-8-17-14-21(30-29-20(17)15-18)19-6-4-5-7-22(19)34/h4-9,14-16,23,34H,10-13H2,1-3H3. The van der Waals surface area contributed by atoms with Crippen LogP contribution in [0.5, 0.6) is 5.75 Å². The SMILES string of the molecule is COC(=O)C(c1onc(N2CCN(c3ccc4cc(-c5ccccc5O)nnc4c3)CC2)c1Cl)C(C)C. The fraction of sp³-hybridized carbons (Fsp3) is 0.333. The Morgan fingerprint density at radius 2 is 1.78 bits per heavy atom. The van der Waals surface area contributed by atoms with Gasteiger partial charge >= 0.3 is 5.97 Å². The van der Waals surface area contributed by atoms with Crippen molar-refractivity contribution in [3.8, 4) is 17.0 Å². The third kappa shape index (κ3) is 4.79. The molecule has 2 aromatic carbocycles. The molecule has 10 heteroatoms. The number of ether oxygens (including phenoxy) is 1. The van der Waals surface area contributed by atoms with Crippen molar-refractivity contribution >= 4 is 40.0 Å². The second kappa shape index (κ2) is 10.3. The first-order valence-electron chi connectivity index (χ1n) is 12.2. The second-order valence-electron chi connectivity index (χ2n) is 9.39. The normalized spacial score (nSPS) is 14.8. The highest BCUT2D eigenvalue weighted by Crippen LogP contribution is 2.38. The Morgan fingerprint density at radius 1 is 1.05 bits per heavy atom. The average Bonchev–Trinajstić information content (AvgIpc) is 3.28. The maximum Gasteiger partial charge on any atom is 0.316 e. The molecule has 37 heavy (non-hydrogen) atoms. The van der Waals surface area contributed by atoms with Crippen LogP contribution in [0.2, 0.25) is 5.02 Å². The fourth-order valence-electron chi connectivity index (χ4n) is 4.70. The number of methoxy groups -OCH3 is 1. The number of hydrogen-bond acceptors (Lipinski definition) is 9. The highest BCUT2D eigenvalue weighted by atomic mass is 35.5. The molecule has 1 aliphatic rings. The molecule has 1 saturated heterocycles. The summed E-state index contributed by atoms with van der Waals surface area (Å²) in [5.74, 6) is 0.0221. The minimum atomic E-state index is -0.606. The van der Waals surface area contributed by atoms with E-state index in [0.29, 0.717) is 40.9 Å². The first-order valence-corrected chi connectivity index (χ1v) is 12.5. The maximum atomic E-state index is 12.3. The van der Waals surface area contributed by atoms with Gasteiger partial charge in [-0.1, -0.05) is 48.8 Å². The largest absolute Gasteiger partial charge is 0.507 e. The summed E-state index contributed by atoms with van der Waals surface area (Å²) in [6.07, 6.45) is 0. The smallest absolute Gasteiger partial charge is 0.316 e. The zero-order valence-electron chi connectivity index (χ0n) is 20.9. The summed E-state index contributed by atoms with van der Waals surface area (Å²) in [4.78, 5) is 16.6. The summed E-state index contributed by atoms with van der Waals surface area (Å²) < 4.78 is 10.5. The van der Waals surface area contributed by atoms with Gasteiger partial charge in [-0.2, -0.15) is 0 Å². The molecule has 0 amide bonds. The van der Waals surface area contributed by atoms with Gasteiger partial charge in [0.15, 0.2) is 11.6 Å². The van der Waals surface area contributed by atoms with E-state index in [4.69, 9.17) is 20.9 Å². The summed E-state index contributed by atoms with van der Waals surface area (Å²) in [7, 11) is 1.35. The van der Waals surface area contributed by atoms with Gasteiger partial charge in [-0.05, 0) is 36.2 Å². The summed E-state index contributed by atoms with van der Waals surface area (Å²) in [6, 6.07) is 15.1. The fourth-order valence-corrected chi connectivity index (χ4v) is 5.01. The van der Waals surface area contributed by atoms with Crippen molar-refractivity contribution < 1.29 is 19.2 Å². The molecule has 0 radical (unpaired) electrons. The maximum absolute atomic E-state index is 12.3.